The molecule has 2 aliphatic heterocycles. The minimum Gasteiger partial charge on any atom is -0.354 e. The number of benzene rings is 1. The van der Waals surface area contributed by atoms with Gasteiger partial charge in [0.05, 0.1) is 23.1 Å². The molecule has 1 atom stereocenters. The molecule has 7 heteroatoms. The van der Waals surface area contributed by atoms with Crippen molar-refractivity contribution in [3.05, 3.63) is 71.7 Å². The topological polar surface area (TPSA) is 57.5 Å². The summed E-state index contributed by atoms with van der Waals surface area (Å²) in [7, 11) is 0. The molecule has 0 radical (unpaired) electrons. The van der Waals surface area contributed by atoms with Crippen molar-refractivity contribution in [3.63, 3.8) is 0 Å². The maximum absolute atomic E-state index is 13.4. The third-order valence-corrected chi connectivity index (χ3v) is 7.25. The van der Waals surface area contributed by atoms with Gasteiger partial charge in [-0.15, -0.1) is 0 Å². The van der Waals surface area contributed by atoms with Gasteiger partial charge >= 0.3 is 0 Å². The molecule has 1 unspecified atom stereocenters. The Morgan fingerprint density at radius 1 is 1.00 bits per heavy atom. The molecule has 1 amide bonds. The summed E-state index contributed by atoms with van der Waals surface area (Å²) >= 11 is 0. The van der Waals surface area contributed by atoms with Crippen LogP contribution < -0.4 is 4.90 Å². The molecule has 0 bridgehead atoms. The number of carbonyl (C=O) groups is 1. The summed E-state index contributed by atoms with van der Waals surface area (Å²) in [5.41, 5.74) is 3.80. The Morgan fingerprint density at radius 3 is 2.56 bits per heavy atom. The normalized spacial score (nSPS) is 19.4. The minimum absolute atomic E-state index is 0.113. The second-order valence-corrected chi connectivity index (χ2v) is 9.58. The highest BCUT2D eigenvalue weighted by atomic mass is 16.2. The van der Waals surface area contributed by atoms with Crippen LogP contribution in [0.4, 0.5) is 5.82 Å². The van der Waals surface area contributed by atoms with Crippen molar-refractivity contribution in [2.45, 2.75) is 26.7 Å². The van der Waals surface area contributed by atoms with E-state index in [1.54, 1.807) is 6.20 Å². The van der Waals surface area contributed by atoms with E-state index in [1.807, 2.05) is 47.0 Å². The first-order valence-corrected chi connectivity index (χ1v) is 12.4. The van der Waals surface area contributed by atoms with E-state index in [4.69, 9.17) is 0 Å². The van der Waals surface area contributed by atoms with Crippen LogP contribution in [0.1, 0.15) is 34.5 Å². The van der Waals surface area contributed by atoms with Crippen molar-refractivity contribution in [1.29, 1.82) is 0 Å². The first-order valence-electron chi connectivity index (χ1n) is 12.4. The van der Waals surface area contributed by atoms with Gasteiger partial charge in [0.15, 0.2) is 0 Å². The Hall–Kier alpha value is -3.19. The number of pyridine rings is 1. The molecular weight excluding hydrogens is 424 g/mol. The third kappa shape index (κ3) is 4.71. The summed E-state index contributed by atoms with van der Waals surface area (Å²) in [4.78, 5) is 24.9. The Bertz CT molecular complexity index is 1120. The van der Waals surface area contributed by atoms with Gasteiger partial charge in [0.2, 0.25) is 0 Å². The lowest BCUT2D eigenvalue weighted by Gasteiger charge is -2.39. The van der Waals surface area contributed by atoms with Crippen molar-refractivity contribution in [3.8, 4) is 5.69 Å². The average Bonchev–Trinajstić information content (AvgIpc) is 3.26. The maximum atomic E-state index is 13.4. The molecule has 7 nitrogen and oxygen atoms in total. The summed E-state index contributed by atoms with van der Waals surface area (Å²) in [5.74, 6) is 1.70. The van der Waals surface area contributed by atoms with Gasteiger partial charge in [-0.05, 0) is 56.4 Å². The summed E-state index contributed by atoms with van der Waals surface area (Å²) in [6.45, 7) is 10.9. The predicted octanol–water partition coefficient (Wildman–Crippen LogP) is 3.56. The van der Waals surface area contributed by atoms with E-state index in [-0.39, 0.29) is 5.91 Å². The van der Waals surface area contributed by atoms with Crippen LogP contribution in [0.5, 0.6) is 0 Å². The number of aromatic nitrogens is 3. The van der Waals surface area contributed by atoms with Crippen LogP contribution in [-0.2, 0) is 0 Å². The fraction of sp³-hybridized carbons (Fsp3) is 0.444. The molecule has 5 rings (SSSR count). The minimum atomic E-state index is 0.113. The summed E-state index contributed by atoms with van der Waals surface area (Å²) in [6.07, 6.45) is 5.85. The molecule has 2 saturated heterocycles. The largest absolute Gasteiger partial charge is 0.354 e. The molecule has 4 heterocycles. The highest BCUT2D eigenvalue weighted by molar-refractivity contribution is 5.95. The van der Waals surface area contributed by atoms with E-state index in [2.05, 4.69) is 45.0 Å². The number of nitrogens with zero attached hydrogens (tertiary/aromatic N) is 6. The van der Waals surface area contributed by atoms with E-state index < -0.39 is 0 Å². The van der Waals surface area contributed by atoms with Crippen LogP contribution in [0.15, 0.2) is 54.9 Å². The molecule has 2 aliphatic rings. The third-order valence-electron chi connectivity index (χ3n) is 7.25. The van der Waals surface area contributed by atoms with Crippen molar-refractivity contribution >= 4 is 11.7 Å². The first kappa shape index (κ1) is 22.6. The first-order chi connectivity index (χ1) is 16.6. The van der Waals surface area contributed by atoms with E-state index >= 15 is 0 Å². The van der Waals surface area contributed by atoms with Crippen LogP contribution >= 0.6 is 0 Å². The number of hydrogen-bond acceptors (Lipinski definition) is 5. The quantitative estimate of drug-likeness (QED) is 0.585. The number of likely N-dealkylation sites (tertiary alicyclic amines) is 1. The van der Waals surface area contributed by atoms with Crippen molar-refractivity contribution in [2.24, 2.45) is 5.92 Å². The van der Waals surface area contributed by atoms with E-state index in [1.165, 1.54) is 6.42 Å². The van der Waals surface area contributed by atoms with Crippen LogP contribution in [0.2, 0.25) is 0 Å². The van der Waals surface area contributed by atoms with Crippen molar-refractivity contribution < 1.29 is 4.79 Å². The fourth-order valence-electron chi connectivity index (χ4n) is 5.30. The summed E-state index contributed by atoms with van der Waals surface area (Å²) in [6, 6.07) is 14.3. The zero-order valence-electron chi connectivity index (χ0n) is 20.2. The molecule has 2 fully saturated rings. The second kappa shape index (κ2) is 9.97. The number of hydrogen-bond donors (Lipinski definition) is 0. The number of piperidine rings is 1. The Balaban J connectivity index is 1.19. The SMILES string of the molecule is Cc1ccccc1-n1ncc(C(=O)N2CCCC(CN3CCN(c4ccccn4)CC3)C2)c1C. The average molecular weight is 459 g/mol. The molecule has 0 spiro atoms. The molecule has 178 valence electrons. The molecule has 0 saturated carbocycles. The van der Waals surface area contributed by atoms with Gasteiger partial charge in [-0.2, -0.15) is 5.10 Å². The Morgan fingerprint density at radius 2 is 1.79 bits per heavy atom. The van der Waals surface area contributed by atoms with E-state index in [0.717, 1.165) is 75.0 Å². The van der Waals surface area contributed by atoms with Crippen LogP contribution in [0.3, 0.4) is 0 Å². The standard InChI is InChI=1S/C27H34N6O/c1-21-8-3-4-10-25(21)33-22(2)24(18-29-33)27(34)32-13-7-9-23(20-32)19-30-14-16-31(17-15-30)26-11-5-6-12-28-26/h3-6,8,10-12,18,23H,7,9,13-17,19-20H2,1-2H3. The molecular formula is C27H34N6O. The van der Waals surface area contributed by atoms with Gasteiger partial charge in [-0.3, -0.25) is 9.69 Å². The van der Waals surface area contributed by atoms with Gasteiger partial charge in [0.1, 0.15) is 5.82 Å². The van der Waals surface area contributed by atoms with Crippen LogP contribution in [0.25, 0.3) is 5.69 Å². The lowest BCUT2D eigenvalue weighted by molar-refractivity contribution is 0.0636. The molecule has 1 aromatic carbocycles. The number of para-hydroxylation sites is 1. The number of anilines is 1. The highest BCUT2D eigenvalue weighted by Crippen LogP contribution is 2.23. The second-order valence-electron chi connectivity index (χ2n) is 9.58. The number of piperazine rings is 1. The lowest BCUT2D eigenvalue weighted by Crippen LogP contribution is -2.50. The maximum Gasteiger partial charge on any atom is 0.257 e. The number of rotatable bonds is 5. The van der Waals surface area contributed by atoms with Crippen molar-refractivity contribution in [2.75, 3.05) is 50.7 Å². The summed E-state index contributed by atoms with van der Waals surface area (Å²) < 4.78 is 1.89. The zero-order chi connectivity index (χ0) is 23.5. The molecule has 3 aromatic rings. The fourth-order valence-corrected chi connectivity index (χ4v) is 5.30. The smallest absolute Gasteiger partial charge is 0.257 e. The van der Waals surface area contributed by atoms with E-state index in [9.17, 15) is 4.79 Å². The number of amides is 1. The monoisotopic (exact) mass is 458 g/mol. The lowest BCUT2D eigenvalue weighted by atomic mass is 9.96. The molecule has 0 N–H and O–H groups in total. The van der Waals surface area contributed by atoms with Gasteiger partial charge in [-0.1, -0.05) is 24.3 Å². The van der Waals surface area contributed by atoms with Gasteiger partial charge in [0.25, 0.3) is 5.91 Å². The molecule has 2 aromatic heterocycles. The molecule has 0 aliphatic carbocycles. The van der Waals surface area contributed by atoms with Gasteiger partial charge in [-0.25, -0.2) is 9.67 Å². The predicted molar refractivity (Wildman–Crippen MR) is 135 cm³/mol. The van der Waals surface area contributed by atoms with Gasteiger partial charge in [0, 0.05) is 52.0 Å². The van der Waals surface area contributed by atoms with Crippen LogP contribution in [0, 0.1) is 19.8 Å². The van der Waals surface area contributed by atoms with Crippen LogP contribution in [-0.4, -0.2) is 76.3 Å². The summed E-state index contributed by atoms with van der Waals surface area (Å²) in [5, 5.41) is 4.56. The Kier molecular flexibility index (Phi) is 6.63. The van der Waals surface area contributed by atoms with E-state index in [0.29, 0.717) is 11.5 Å². The van der Waals surface area contributed by atoms with Crippen molar-refractivity contribution in [1.82, 2.24) is 24.6 Å². The Labute approximate surface area is 202 Å². The number of carbonyl (C=O) groups excluding carboxylic acids is 1. The molecule has 34 heavy (non-hydrogen) atoms. The highest BCUT2D eigenvalue weighted by Gasteiger charge is 2.29. The zero-order valence-corrected chi connectivity index (χ0v) is 20.2. The number of aryl methyl sites for hydroxylation is 1. The van der Waals surface area contributed by atoms with Gasteiger partial charge < -0.3 is 9.80 Å².